The molecule has 0 aromatic rings. The largest absolute Gasteiger partial charge is 0.481 e. The number of ether oxygens (including phenoxy) is 1. The van der Waals surface area contributed by atoms with Crippen molar-refractivity contribution < 1.29 is 19.4 Å². The standard InChI is InChI=1S/C10H19NO4/c1-3-11(7-5-10(13)14)9(12)6-8-15-4-2/h3-8H2,1-2H3,(H,13,14). The van der Waals surface area contributed by atoms with Crippen LogP contribution in [0, 0.1) is 0 Å². The first-order valence-electron chi connectivity index (χ1n) is 5.19. The van der Waals surface area contributed by atoms with E-state index >= 15 is 0 Å². The Kier molecular flexibility index (Phi) is 7.62. The second-order valence-corrected chi connectivity index (χ2v) is 3.06. The molecule has 0 unspecified atom stereocenters. The number of carbonyl (C=O) groups excluding carboxylic acids is 1. The molecule has 0 aliphatic carbocycles. The lowest BCUT2D eigenvalue weighted by molar-refractivity contribution is -0.138. The summed E-state index contributed by atoms with van der Waals surface area (Å²) in [7, 11) is 0. The Morgan fingerprint density at radius 2 is 1.93 bits per heavy atom. The predicted octanol–water partition coefficient (Wildman–Crippen LogP) is 0.736. The molecule has 0 aliphatic rings. The third kappa shape index (κ3) is 6.90. The summed E-state index contributed by atoms with van der Waals surface area (Å²) in [6, 6.07) is 0. The van der Waals surface area contributed by atoms with Gasteiger partial charge in [0.1, 0.15) is 0 Å². The van der Waals surface area contributed by atoms with E-state index in [2.05, 4.69) is 0 Å². The van der Waals surface area contributed by atoms with E-state index in [0.717, 1.165) is 0 Å². The van der Waals surface area contributed by atoms with Crippen LogP contribution in [-0.4, -0.2) is 48.2 Å². The van der Waals surface area contributed by atoms with Crippen LogP contribution >= 0.6 is 0 Å². The Bertz CT molecular complexity index is 206. The van der Waals surface area contributed by atoms with Gasteiger partial charge < -0.3 is 14.7 Å². The molecular formula is C10H19NO4. The third-order valence-corrected chi connectivity index (χ3v) is 1.99. The van der Waals surface area contributed by atoms with Gasteiger partial charge in [0.25, 0.3) is 0 Å². The summed E-state index contributed by atoms with van der Waals surface area (Å²) < 4.78 is 5.06. The van der Waals surface area contributed by atoms with E-state index in [0.29, 0.717) is 26.2 Å². The lowest BCUT2D eigenvalue weighted by atomic mass is 10.3. The van der Waals surface area contributed by atoms with Crippen LogP contribution in [0.3, 0.4) is 0 Å². The minimum Gasteiger partial charge on any atom is -0.481 e. The number of carboxylic acids is 1. The molecule has 0 rings (SSSR count). The van der Waals surface area contributed by atoms with Crippen LogP contribution < -0.4 is 0 Å². The van der Waals surface area contributed by atoms with E-state index in [-0.39, 0.29) is 18.9 Å². The zero-order valence-corrected chi connectivity index (χ0v) is 9.36. The van der Waals surface area contributed by atoms with Crippen LogP contribution in [0.15, 0.2) is 0 Å². The van der Waals surface area contributed by atoms with Gasteiger partial charge in [-0.3, -0.25) is 9.59 Å². The van der Waals surface area contributed by atoms with Gasteiger partial charge in [0.05, 0.1) is 19.4 Å². The van der Waals surface area contributed by atoms with Crippen LogP contribution in [0.25, 0.3) is 0 Å². The molecule has 15 heavy (non-hydrogen) atoms. The average Bonchev–Trinajstić information content (AvgIpc) is 2.18. The molecule has 0 spiro atoms. The highest BCUT2D eigenvalue weighted by Gasteiger charge is 2.12. The van der Waals surface area contributed by atoms with Crippen molar-refractivity contribution in [2.24, 2.45) is 0 Å². The van der Waals surface area contributed by atoms with Gasteiger partial charge in [-0.05, 0) is 13.8 Å². The monoisotopic (exact) mass is 217 g/mol. The van der Waals surface area contributed by atoms with Gasteiger partial charge in [-0.2, -0.15) is 0 Å². The van der Waals surface area contributed by atoms with E-state index in [1.807, 2.05) is 13.8 Å². The number of nitrogens with zero attached hydrogens (tertiary/aromatic N) is 1. The Balaban J connectivity index is 3.82. The van der Waals surface area contributed by atoms with Crippen LogP contribution in [0.2, 0.25) is 0 Å². The molecule has 0 aliphatic heterocycles. The summed E-state index contributed by atoms with van der Waals surface area (Å²) in [4.78, 5) is 23.4. The molecule has 0 radical (unpaired) electrons. The molecular weight excluding hydrogens is 198 g/mol. The van der Waals surface area contributed by atoms with Crippen molar-refractivity contribution in [3.8, 4) is 0 Å². The maximum absolute atomic E-state index is 11.5. The fourth-order valence-electron chi connectivity index (χ4n) is 1.15. The van der Waals surface area contributed by atoms with Crippen LogP contribution in [-0.2, 0) is 14.3 Å². The van der Waals surface area contributed by atoms with Gasteiger partial charge in [-0.15, -0.1) is 0 Å². The molecule has 0 atom stereocenters. The molecule has 0 heterocycles. The van der Waals surface area contributed by atoms with Crippen molar-refractivity contribution >= 4 is 11.9 Å². The second kappa shape index (κ2) is 8.23. The normalized spacial score (nSPS) is 10.0. The van der Waals surface area contributed by atoms with Gasteiger partial charge in [-0.1, -0.05) is 0 Å². The highest BCUT2D eigenvalue weighted by molar-refractivity contribution is 5.77. The fourth-order valence-corrected chi connectivity index (χ4v) is 1.15. The molecule has 5 heteroatoms. The lowest BCUT2D eigenvalue weighted by Crippen LogP contribution is -2.33. The Labute approximate surface area is 90.0 Å². The van der Waals surface area contributed by atoms with Gasteiger partial charge in [0, 0.05) is 19.7 Å². The summed E-state index contributed by atoms with van der Waals surface area (Å²) in [5.41, 5.74) is 0. The summed E-state index contributed by atoms with van der Waals surface area (Å²) in [5, 5.41) is 8.49. The molecule has 0 saturated carbocycles. The van der Waals surface area contributed by atoms with Crippen molar-refractivity contribution in [1.29, 1.82) is 0 Å². The molecule has 88 valence electrons. The number of amides is 1. The first-order chi connectivity index (χ1) is 7.11. The third-order valence-electron chi connectivity index (χ3n) is 1.99. The van der Waals surface area contributed by atoms with Crippen LogP contribution in [0.4, 0.5) is 0 Å². The molecule has 0 fully saturated rings. The van der Waals surface area contributed by atoms with Gasteiger partial charge >= 0.3 is 5.97 Å². The van der Waals surface area contributed by atoms with Gasteiger partial charge in [-0.25, -0.2) is 0 Å². The maximum Gasteiger partial charge on any atom is 0.305 e. The van der Waals surface area contributed by atoms with Crippen molar-refractivity contribution in [1.82, 2.24) is 4.90 Å². The second-order valence-electron chi connectivity index (χ2n) is 3.06. The van der Waals surface area contributed by atoms with Crippen molar-refractivity contribution in [2.45, 2.75) is 26.7 Å². The van der Waals surface area contributed by atoms with E-state index in [4.69, 9.17) is 9.84 Å². The van der Waals surface area contributed by atoms with Crippen LogP contribution in [0.5, 0.6) is 0 Å². The van der Waals surface area contributed by atoms with E-state index in [1.165, 1.54) is 4.90 Å². The number of carbonyl (C=O) groups is 2. The van der Waals surface area contributed by atoms with Crippen molar-refractivity contribution in [2.75, 3.05) is 26.3 Å². The summed E-state index contributed by atoms with van der Waals surface area (Å²) in [6.07, 6.45) is 0.315. The number of hydrogen-bond donors (Lipinski definition) is 1. The maximum atomic E-state index is 11.5. The number of hydrogen-bond acceptors (Lipinski definition) is 3. The molecule has 0 bridgehead atoms. The van der Waals surface area contributed by atoms with E-state index < -0.39 is 5.97 Å². The summed E-state index contributed by atoms with van der Waals surface area (Å²) in [6.45, 7) is 5.51. The Hall–Kier alpha value is -1.10. The topological polar surface area (TPSA) is 66.8 Å². The van der Waals surface area contributed by atoms with E-state index in [1.54, 1.807) is 0 Å². The minimum absolute atomic E-state index is 0.00574. The predicted molar refractivity (Wildman–Crippen MR) is 55.6 cm³/mol. The Morgan fingerprint density at radius 1 is 1.27 bits per heavy atom. The van der Waals surface area contributed by atoms with Crippen molar-refractivity contribution in [3.63, 3.8) is 0 Å². The highest BCUT2D eigenvalue weighted by Crippen LogP contribution is 1.97. The first kappa shape index (κ1) is 13.9. The molecule has 5 nitrogen and oxygen atoms in total. The molecule has 0 saturated heterocycles. The molecule has 1 N–H and O–H groups in total. The smallest absolute Gasteiger partial charge is 0.305 e. The van der Waals surface area contributed by atoms with Crippen molar-refractivity contribution in [3.05, 3.63) is 0 Å². The summed E-state index contributed by atoms with van der Waals surface area (Å²) in [5.74, 6) is -0.932. The first-order valence-corrected chi connectivity index (χ1v) is 5.19. The zero-order valence-electron chi connectivity index (χ0n) is 9.36. The number of rotatable bonds is 8. The lowest BCUT2D eigenvalue weighted by Gasteiger charge is -2.19. The van der Waals surface area contributed by atoms with Gasteiger partial charge in [0.15, 0.2) is 0 Å². The quantitative estimate of drug-likeness (QED) is 0.609. The number of carboxylic acid groups (broad SMARTS) is 1. The average molecular weight is 217 g/mol. The SMILES string of the molecule is CCOCCC(=O)N(CC)CCC(=O)O. The molecule has 1 amide bonds. The Morgan fingerprint density at radius 3 is 2.40 bits per heavy atom. The molecule has 0 aromatic carbocycles. The van der Waals surface area contributed by atoms with E-state index in [9.17, 15) is 9.59 Å². The minimum atomic E-state index is -0.883. The zero-order chi connectivity index (χ0) is 11.7. The highest BCUT2D eigenvalue weighted by atomic mass is 16.5. The fraction of sp³-hybridized carbons (Fsp3) is 0.800. The van der Waals surface area contributed by atoms with Crippen LogP contribution in [0.1, 0.15) is 26.7 Å². The summed E-state index contributed by atoms with van der Waals surface area (Å²) >= 11 is 0. The number of aliphatic carboxylic acids is 1. The van der Waals surface area contributed by atoms with Gasteiger partial charge in [0.2, 0.25) is 5.91 Å². The molecule has 0 aromatic heterocycles.